The van der Waals surface area contributed by atoms with Crippen molar-refractivity contribution in [3.05, 3.63) is 41.2 Å². The van der Waals surface area contributed by atoms with Crippen LogP contribution in [-0.4, -0.2) is 9.97 Å². The van der Waals surface area contributed by atoms with Crippen molar-refractivity contribution >= 4 is 5.82 Å². The summed E-state index contributed by atoms with van der Waals surface area (Å²) in [5.41, 5.74) is 8.87. The third kappa shape index (κ3) is 2.36. The van der Waals surface area contributed by atoms with E-state index in [9.17, 15) is 0 Å². The maximum absolute atomic E-state index is 5.70. The van der Waals surface area contributed by atoms with Crippen molar-refractivity contribution in [3.63, 3.8) is 0 Å². The van der Waals surface area contributed by atoms with Crippen LogP contribution in [0.15, 0.2) is 24.5 Å². The van der Waals surface area contributed by atoms with E-state index in [4.69, 9.17) is 10.5 Å². The van der Waals surface area contributed by atoms with E-state index >= 15 is 0 Å². The van der Waals surface area contributed by atoms with Gasteiger partial charge in [-0.1, -0.05) is 6.07 Å². The molecule has 0 saturated carbocycles. The lowest BCUT2D eigenvalue weighted by atomic mass is 10.1. The highest BCUT2D eigenvalue weighted by Gasteiger charge is 2.07. The van der Waals surface area contributed by atoms with Gasteiger partial charge in [0, 0.05) is 0 Å². The number of rotatable bonds is 2. The first-order valence-corrected chi connectivity index (χ1v) is 5.40. The molecule has 4 nitrogen and oxygen atoms in total. The van der Waals surface area contributed by atoms with Crippen LogP contribution in [0.3, 0.4) is 0 Å². The molecule has 2 N–H and O–H groups in total. The molecular weight excluding hydrogens is 214 g/mol. The van der Waals surface area contributed by atoms with Crippen LogP contribution in [0.4, 0.5) is 5.82 Å². The van der Waals surface area contributed by atoms with Gasteiger partial charge in [0.2, 0.25) is 5.88 Å². The molecule has 17 heavy (non-hydrogen) atoms. The summed E-state index contributed by atoms with van der Waals surface area (Å²) in [6, 6.07) is 5.91. The molecule has 0 amide bonds. The van der Waals surface area contributed by atoms with Crippen LogP contribution in [-0.2, 0) is 0 Å². The lowest BCUT2D eigenvalue weighted by Crippen LogP contribution is -1.99. The second-order valence-corrected chi connectivity index (χ2v) is 4.04. The Morgan fingerprint density at radius 2 is 1.82 bits per heavy atom. The fraction of sp³-hybridized carbons (Fsp3) is 0.231. The van der Waals surface area contributed by atoms with Gasteiger partial charge in [-0.15, -0.1) is 0 Å². The first-order chi connectivity index (χ1) is 8.08. The van der Waals surface area contributed by atoms with Gasteiger partial charge in [0.05, 0.1) is 5.56 Å². The molecule has 0 aliphatic heterocycles. The molecule has 2 aromatic rings. The summed E-state index contributed by atoms with van der Waals surface area (Å²) in [5.74, 6) is 1.70. The Hall–Kier alpha value is -2.10. The second kappa shape index (κ2) is 4.41. The predicted octanol–water partition coefficient (Wildman–Crippen LogP) is 2.78. The minimum absolute atomic E-state index is 0.443. The average Bonchev–Trinajstić information content (AvgIpc) is 2.30. The van der Waals surface area contributed by atoms with Crippen molar-refractivity contribution in [1.29, 1.82) is 0 Å². The van der Waals surface area contributed by atoms with Crippen molar-refractivity contribution in [2.24, 2.45) is 0 Å². The first-order valence-electron chi connectivity index (χ1n) is 5.40. The smallest absolute Gasteiger partial charge is 0.227 e. The monoisotopic (exact) mass is 229 g/mol. The number of benzene rings is 1. The molecule has 0 unspecified atom stereocenters. The van der Waals surface area contributed by atoms with Gasteiger partial charge in [0.1, 0.15) is 17.9 Å². The summed E-state index contributed by atoms with van der Waals surface area (Å²) in [4.78, 5) is 7.97. The summed E-state index contributed by atoms with van der Waals surface area (Å²) in [6.45, 7) is 5.95. The Balaban J connectivity index is 2.31. The number of hydrogen-bond donors (Lipinski definition) is 1. The molecule has 0 saturated heterocycles. The number of anilines is 1. The van der Waals surface area contributed by atoms with Crippen molar-refractivity contribution in [2.45, 2.75) is 20.8 Å². The number of aromatic nitrogens is 2. The van der Waals surface area contributed by atoms with E-state index in [0.717, 1.165) is 11.3 Å². The highest BCUT2D eigenvalue weighted by Crippen LogP contribution is 2.25. The highest BCUT2D eigenvalue weighted by molar-refractivity contribution is 5.45. The number of nitrogen functional groups attached to an aromatic ring is 1. The van der Waals surface area contributed by atoms with E-state index in [2.05, 4.69) is 16.9 Å². The van der Waals surface area contributed by atoms with Crippen LogP contribution in [0, 0.1) is 20.8 Å². The topological polar surface area (TPSA) is 61.0 Å². The third-order valence-electron chi connectivity index (χ3n) is 2.77. The molecular formula is C13H15N3O. The van der Waals surface area contributed by atoms with Crippen LogP contribution in [0.2, 0.25) is 0 Å². The molecule has 0 bridgehead atoms. The van der Waals surface area contributed by atoms with Gasteiger partial charge in [0.15, 0.2) is 0 Å². The molecule has 0 atom stereocenters. The van der Waals surface area contributed by atoms with Crippen LogP contribution in [0.1, 0.15) is 16.7 Å². The largest absolute Gasteiger partial charge is 0.439 e. The van der Waals surface area contributed by atoms with Gasteiger partial charge >= 0.3 is 0 Å². The predicted molar refractivity (Wildman–Crippen MR) is 67.2 cm³/mol. The van der Waals surface area contributed by atoms with E-state index < -0.39 is 0 Å². The molecule has 1 aromatic heterocycles. The van der Waals surface area contributed by atoms with Gasteiger partial charge in [-0.2, -0.15) is 0 Å². The van der Waals surface area contributed by atoms with E-state index in [1.807, 2.05) is 32.0 Å². The van der Waals surface area contributed by atoms with Crippen LogP contribution < -0.4 is 10.5 Å². The average molecular weight is 229 g/mol. The Bertz CT molecular complexity index is 552. The minimum Gasteiger partial charge on any atom is -0.439 e. The quantitative estimate of drug-likeness (QED) is 0.860. The molecule has 0 aliphatic carbocycles. The Labute approximate surface area is 100 Å². The van der Waals surface area contributed by atoms with Crippen molar-refractivity contribution in [2.75, 3.05) is 5.73 Å². The van der Waals surface area contributed by atoms with Crippen molar-refractivity contribution in [3.8, 4) is 11.6 Å². The zero-order valence-electron chi connectivity index (χ0n) is 10.2. The number of ether oxygens (including phenoxy) is 1. The summed E-state index contributed by atoms with van der Waals surface area (Å²) < 4.78 is 5.69. The summed E-state index contributed by atoms with van der Waals surface area (Å²) >= 11 is 0. The Kier molecular flexibility index (Phi) is 2.95. The summed E-state index contributed by atoms with van der Waals surface area (Å²) in [7, 11) is 0. The van der Waals surface area contributed by atoms with E-state index in [1.165, 1.54) is 17.5 Å². The van der Waals surface area contributed by atoms with Gasteiger partial charge < -0.3 is 10.5 Å². The Morgan fingerprint density at radius 3 is 2.53 bits per heavy atom. The molecule has 0 spiro atoms. The standard InChI is InChI=1S/C13H15N3O/c1-8-4-5-11(6-9(8)2)17-13-10(3)12(14)15-7-16-13/h4-7H,1-3H3,(H2,14,15,16). The van der Waals surface area contributed by atoms with Gasteiger partial charge in [-0.25, -0.2) is 9.97 Å². The van der Waals surface area contributed by atoms with Crippen molar-refractivity contribution < 1.29 is 4.74 Å². The number of aryl methyl sites for hydroxylation is 2. The Morgan fingerprint density at radius 1 is 1.06 bits per heavy atom. The molecule has 1 heterocycles. The minimum atomic E-state index is 0.443. The fourth-order valence-corrected chi connectivity index (χ4v) is 1.44. The SMILES string of the molecule is Cc1ccc(Oc2ncnc(N)c2C)cc1C. The number of nitrogens with zero attached hydrogens (tertiary/aromatic N) is 2. The highest BCUT2D eigenvalue weighted by atomic mass is 16.5. The third-order valence-corrected chi connectivity index (χ3v) is 2.77. The van der Waals surface area contributed by atoms with E-state index in [1.54, 1.807) is 0 Å². The zero-order chi connectivity index (χ0) is 12.4. The normalized spacial score (nSPS) is 10.3. The van der Waals surface area contributed by atoms with E-state index in [-0.39, 0.29) is 0 Å². The van der Waals surface area contributed by atoms with E-state index in [0.29, 0.717) is 11.7 Å². The molecule has 4 heteroatoms. The number of hydrogen-bond acceptors (Lipinski definition) is 4. The van der Waals surface area contributed by atoms with Crippen LogP contribution in [0.25, 0.3) is 0 Å². The molecule has 1 aromatic carbocycles. The molecule has 2 rings (SSSR count). The van der Waals surface area contributed by atoms with Crippen LogP contribution in [0.5, 0.6) is 11.6 Å². The zero-order valence-corrected chi connectivity index (χ0v) is 10.2. The van der Waals surface area contributed by atoms with Gasteiger partial charge in [-0.3, -0.25) is 0 Å². The molecule has 0 radical (unpaired) electrons. The first kappa shape index (κ1) is 11.4. The summed E-state index contributed by atoms with van der Waals surface area (Å²) in [6.07, 6.45) is 1.40. The lowest BCUT2D eigenvalue weighted by molar-refractivity contribution is 0.457. The summed E-state index contributed by atoms with van der Waals surface area (Å²) in [5, 5.41) is 0. The maximum Gasteiger partial charge on any atom is 0.227 e. The molecule has 88 valence electrons. The van der Waals surface area contributed by atoms with Crippen molar-refractivity contribution in [1.82, 2.24) is 9.97 Å². The molecule has 0 aliphatic rings. The van der Waals surface area contributed by atoms with Gasteiger partial charge in [-0.05, 0) is 44.0 Å². The molecule has 0 fully saturated rings. The maximum atomic E-state index is 5.70. The van der Waals surface area contributed by atoms with Crippen LogP contribution >= 0.6 is 0 Å². The lowest BCUT2D eigenvalue weighted by Gasteiger charge is -2.09. The second-order valence-electron chi connectivity index (χ2n) is 4.04. The fourth-order valence-electron chi connectivity index (χ4n) is 1.44. The number of nitrogens with two attached hydrogens (primary N) is 1. The van der Waals surface area contributed by atoms with Gasteiger partial charge in [0.25, 0.3) is 0 Å².